The molecule has 124 valence electrons. The lowest BCUT2D eigenvalue weighted by Gasteiger charge is -2.06. The van der Waals surface area contributed by atoms with E-state index in [-0.39, 0.29) is 0 Å². The van der Waals surface area contributed by atoms with Gasteiger partial charge in [0, 0.05) is 5.56 Å². The van der Waals surface area contributed by atoms with Crippen LogP contribution in [0.25, 0.3) is 28.7 Å². The SMILES string of the molecule is Cc1ccccc1-c1nnc(-c2nnn(-c3ccccc3C)c2C)o1. The minimum atomic E-state index is 0.371. The monoisotopic (exact) mass is 331 g/mol. The largest absolute Gasteiger partial charge is 0.414 e. The van der Waals surface area contributed by atoms with Crippen molar-refractivity contribution < 1.29 is 4.42 Å². The van der Waals surface area contributed by atoms with Gasteiger partial charge in [0.2, 0.25) is 5.89 Å². The third-order valence-electron chi connectivity index (χ3n) is 4.24. The van der Waals surface area contributed by atoms with Crippen LogP contribution in [0.2, 0.25) is 0 Å². The maximum atomic E-state index is 5.86. The highest BCUT2D eigenvalue weighted by atomic mass is 16.4. The van der Waals surface area contributed by atoms with Gasteiger partial charge in [0.1, 0.15) is 0 Å². The second-order valence-electron chi connectivity index (χ2n) is 5.95. The lowest BCUT2D eigenvalue weighted by Crippen LogP contribution is -2.01. The summed E-state index contributed by atoms with van der Waals surface area (Å²) in [5, 5.41) is 16.8. The summed E-state index contributed by atoms with van der Waals surface area (Å²) in [6, 6.07) is 15.9. The van der Waals surface area contributed by atoms with Crippen molar-refractivity contribution in [3.63, 3.8) is 0 Å². The molecule has 0 spiro atoms. The van der Waals surface area contributed by atoms with Gasteiger partial charge in [0.05, 0.1) is 11.4 Å². The highest BCUT2D eigenvalue weighted by molar-refractivity contribution is 5.60. The van der Waals surface area contributed by atoms with Crippen LogP contribution < -0.4 is 0 Å². The van der Waals surface area contributed by atoms with Gasteiger partial charge in [-0.2, -0.15) is 0 Å². The van der Waals surface area contributed by atoms with Crippen LogP contribution in [-0.4, -0.2) is 25.2 Å². The number of aryl methyl sites for hydroxylation is 2. The van der Waals surface area contributed by atoms with Crippen LogP contribution in [0.5, 0.6) is 0 Å². The van der Waals surface area contributed by atoms with Gasteiger partial charge in [-0.25, -0.2) is 4.68 Å². The van der Waals surface area contributed by atoms with E-state index in [0.29, 0.717) is 17.5 Å². The topological polar surface area (TPSA) is 69.6 Å². The normalized spacial score (nSPS) is 11.0. The van der Waals surface area contributed by atoms with E-state index in [0.717, 1.165) is 28.1 Å². The highest BCUT2D eigenvalue weighted by Gasteiger charge is 2.19. The molecule has 0 aliphatic carbocycles. The highest BCUT2D eigenvalue weighted by Crippen LogP contribution is 2.27. The molecule has 2 aromatic heterocycles. The van der Waals surface area contributed by atoms with E-state index in [1.165, 1.54) is 0 Å². The van der Waals surface area contributed by atoms with Crippen molar-refractivity contribution in [2.45, 2.75) is 20.8 Å². The van der Waals surface area contributed by atoms with Gasteiger partial charge in [0.15, 0.2) is 5.69 Å². The summed E-state index contributed by atoms with van der Waals surface area (Å²) < 4.78 is 7.65. The molecular formula is C19H17N5O. The predicted octanol–water partition coefficient (Wildman–Crippen LogP) is 3.91. The Balaban J connectivity index is 1.75. The number of benzene rings is 2. The van der Waals surface area contributed by atoms with Gasteiger partial charge in [-0.1, -0.05) is 41.6 Å². The Kier molecular flexibility index (Phi) is 3.65. The number of para-hydroxylation sites is 1. The van der Waals surface area contributed by atoms with Crippen LogP contribution in [0.15, 0.2) is 52.9 Å². The Morgan fingerprint density at radius 2 is 1.44 bits per heavy atom. The number of aromatic nitrogens is 5. The van der Waals surface area contributed by atoms with Crippen LogP contribution >= 0.6 is 0 Å². The van der Waals surface area contributed by atoms with E-state index in [1.807, 2.05) is 69.3 Å². The molecular weight excluding hydrogens is 314 g/mol. The fourth-order valence-corrected chi connectivity index (χ4v) is 2.80. The zero-order valence-electron chi connectivity index (χ0n) is 14.3. The molecule has 0 fully saturated rings. The Hall–Kier alpha value is -3.28. The van der Waals surface area contributed by atoms with Crippen LogP contribution in [0, 0.1) is 20.8 Å². The number of hydrogen-bond donors (Lipinski definition) is 0. The molecule has 25 heavy (non-hydrogen) atoms. The van der Waals surface area contributed by atoms with E-state index >= 15 is 0 Å². The third kappa shape index (κ3) is 2.61. The summed E-state index contributed by atoms with van der Waals surface area (Å²) >= 11 is 0. The maximum absolute atomic E-state index is 5.86. The number of hydrogen-bond acceptors (Lipinski definition) is 5. The molecule has 6 heteroatoms. The first-order chi connectivity index (χ1) is 12.1. The van der Waals surface area contributed by atoms with Gasteiger partial charge < -0.3 is 4.42 Å². The molecule has 0 saturated heterocycles. The van der Waals surface area contributed by atoms with Crippen LogP contribution in [0.4, 0.5) is 0 Å². The summed E-state index contributed by atoms with van der Waals surface area (Å²) in [5.41, 5.74) is 5.55. The Labute approximate surface area is 145 Å². The van der Waals surface area contributed by atoms with Crippen LogP contribution in [0.1, 0.15) is 16.8 Å². The van der Waals surface area contributed by atoms with Crippen molar-refractivity contribution in [1.29, 1.82) is 0 Å². The molecule has 0 aliphatic heterocycles. The Morgan fingerprint density at radius 1 is 0.760 bits per heavy atom. The van der Waals surface area contributed by atoms with Crippen molar-refractivity contribution in [2.24, 2.45) is 0 Å². The Morgan fingerprint density at radius 3 is 2.20 bits per heavy atom. The molecule has 2 heterocycles. The zero-order valence-corrected chi connectivity index (χ0v) is 14.3. The van der Waals surface area contributed by atoms with Crippen molar-refractivity contribution >= 4 is 0 Å². The van der Waals surface area contributed by atoms with Gasteiger partial charge in [0.25, 0.3) is 5.89 Å². The van der Waals surface area contributed by atoms with Crippen LogP contribution in [-0.2, 0) is 0 Å². The summed E-state index contributed by atoms with van der Waals surface area (Å²) in [6.45, 7) is 6.00. The lowest BCUT2D eigenvalue weighted by atomic mass is 10.1. The summed E-state index contributed by atoms with van der Waals surface area (Å²) in [5.74, 6) is 0.855. The second kappa shape index (κ2) is 5.98. The van der Waals surface area contributed by atoms with Crippen molar-refractivity contribution in [2.75, 3.05) is 0 Å². The maximum Gasteiger partial charge on any atom is 0.270 e. The molecule has 4 rings (SSSR count). The average molecular weight is 331 g/mol. The molecule has 0 bridgehead atoms. The first-order valence-corrected chi connectivity index (χ1v) is 8.03. The molecule has 0 radical (unpaired) electrons. The van der Waals surface area contributed by atoms with Gasteiger partial charge in [-0.3, -0.25) is 0 Å². The van der Waals surface area contributed by atoms with E-state index in [1.54, 1.807) is 4.68 Å². The molecule has 0 aliphatic rings. The standard InChI is InChI=1S/C19H17N5O/c1-12-8-4-6-10-15(12)18-21-22-19(25-18)17-14(3)24(23-20-17)16-11-7-5-9-13(16)2/h4-11H,1-3H3. The van der Waals surface area contributed by atoms with Crippen molar-refractivity contribution in [3.05, 3.63) is 65.4 Å². The Bertz CT molecular complexity index is 1050. The summed E-state index contributed by atoms with van der Waals surface area (Å²) in [6.07, 6.45) is 0. The smallest absolute Gasteiger partial charge is 0.270 e. The second-order valence-corrected chi connectivity index (χ2v) is 5.95. The van der Waals surface area contributed by atoms with E-state index < -0.39 is 0 Å². The molecule has 0 amide bonds. The first kappa shape index (κ1) is 15.3. The van der Waals surface area contributed by atoms with Crippen molar-refractivity contribution in [3.8, 4) is 28.7 Å². The molecule has 0 saturated carbocycles. The number of nitrogens with zero attached hydrogens (tertiary/aromatic N) is 5. The average Bonchev–Trinajstić information content (AvgIpc) is 3.23. The summed E-state index contributed by atoms with van der Waals surface area (Å²) in [7, 11) is 0. The summed E-state index contributed by atoms with van der Waals surface area (Å²) in [4.78, 5) is 0. The molecule has 0 atom stereocenters. The number of rotatable bonds is 3. The van der Waals surface area contributed by atoms with Crippen molar-refractivity contribution in [1.82, 2.24) is 25.2 Å². The van der Waals surface area contributed by atoms with Crippen LogP contribution in [0.3, 0.4) is 0 Å². The fraction of sp³-hybridized carbons (Fsp3) is 0.158. The molecule has 0 N–H and O–H groups in total. The minimum Gasteiger partial charge on any atom is -0.414 e. The third-order valence-corrected chi connectivity index (χ3v) is 4.24. The molecule has 4 aromatic rings. The van der Waals surface area contributed by atoms with Gasteiger partial charge >= 0.3 is 0 Å². The quantitative estimate of drug-likeness (QED) is 0.569. The molecule has 2 aromatic carbocycles. The zero-order chi connectivity index (χ0) is 17.4. The fourth-order valence-electron chi connectivity index (χ4n) is 2.80. The van der Waals surface area contributed by atoms with E-state index in [2.05, 4.69) is 20.5 Å². The predicted molar refractivity (Wildman–Crippen MR) is 94.3 cm³/mol. The van der Waals surface area contributed by atoms with Gasteiger partial charge in [-0.15, -0.1) is 15.3 Å². The van der Waals surface area contributed by atoms with Gasteiger partial charge in [-0.05, 0) is 44.0 Å². The van der Waals surface area contributed by atoms with E-state index in [4.69, 9.17) is 4.42 Å². The molecule has 0 unspecified atom stereocenters. The first-order valence-electron chi connectivity index (χ1n) is 8.03. The lowest BCUT2D eigenvalue weighted by molar-refractivity contribution is 0.581. The minimum absolute atomic E-state index is 0.371. The molecule has 6 nitrogen and oxygen atoms in total. The van der Waals surface area contributed by atoms with E-state index in [9.17, 15) is 0 Å².